The van der Waals surface area contributed by atoms with Crippen molar-refractivity contribution in [3.05, 3.63) is 60.8 Å². The highest BCUT2D eigenvalue weighted by atomic mass is 16.5. The van der Waals surface area contributed by atoms with Crippen LogP contribution in [0.4, 0.5) is 27.7 Å². The number of carbonyl (C=O) groups excluding carboxylic acids is 1. The van der Waals surface area contributed by atoms with Gasteiger partial charge >= 0.3 is 6.03 Å². The van der Waals surface area contributed by atoms with Crippen molar-refractivity contribution < 1.29 is 14.1 Å². The molecule has 1 fully saturated rings. The fraction of sp³-hybridized carbons (Fsp3) is 0.286. The summed E-state index contributed by atoms with van der Waals surface area (Å²) in [6, 6.07) is 9.99. The Morgan fingerprint density at radius 1 is 1.24 bits per heavy atom. The maximum absolute atomic E-state index is 13.4. The molecule has 0 spiro atoms. The third-order valence-electron chi connectivity index (χ3n) is 5.34. The Kier molecular flexibility index (Phi) is 4.40. The molecule has 4 heterocycles. The first-order valence-corrected chi connectivity index (χ1v) is 9.72. The molecular formula is C21H23N6O2+. The molecule has 2 aliphatic heterocycles. The molecule has 1 aromatic carbocycles. The number of hydrogen-bond donors (Lipinski definition) is 1. The van der Waals surface area contributed by atoms with Gasteiger partial charge in [0.2, 0.25) is 0 Å². The van der Waals surface area contributed by atoms with Gasteiger partial charge in [0.05, 0.1) is 38.2 Å². The molecule has 2 aromatic heterocycles. The molecule has 0 bridgehead atoms. The van der Waals surface area contributed by atoms with E-state index >= 15 is 0 Å². The van der Waals surface area contributed by atoms with Gasteiger partial charge in [-0.05, 0) is 24.3 Å². The van der Waals surface area contributed by atoms with Crippen molar-refractivity contribution in [1.82, 2.24) is 9.55 Å². The lowest BCUT2D eigenvalue weighted by Crippen LogP contribution is -2.37. The molecule has 29 heavy (non-hydrogen) atoms. The Labute approximate surface area is 169 Å². The molecule has 8 heteroatoms. The number of nitrogens with zero attached hydrogens (tertiary/aromatic N) is 5. The van der Waals surface area contributed by atoms with Crippen molar-refractivity contribution >= 4 is 28.9 Å². The number of pyridine rings is 1. The van der Waals surface area contributed by atoms with E-state index in [-0.39, 0.29) is 6.03 Å². The summed E-state index contributed by atoms with van der Waals surface area (Å²) in [6.45, 7) is 3.56. The summed E-state index contributed by atoms with van der Waals surface area (Å²) in [7, 11) is 1.90. The predicted octanol–water partition coefficient (Wildman–Crippen LogP) is 2.28. The summed E-state index contributed by atoms with van der Waals surface area (Å²) < 4.78 is 8.94. The minimum atomic E-state index is -0.107. The van der Waals surface area contributed by atoms with Crippen molar-refractivity contribution in [3.63, 3.8) is 0 Å². The SMILES string of the molecule is C[n+]1ccn(C(=O)N2Cc3cccnc3Nc3ccc(N4CCOCC4)cc32)c1. The van der Waals surface area contributed by atoms with Crippen LogP contribution in [0.5, 0.6) is 0 Å². The Morgan fingerprint density at radius 3 is 2.90 bits per heavy atom. The molecule has 1 N–H and O–H groups in total. The predicted molar refractivity (Wildman–Crippen MR) is 110 cm³/mol. The number of carbonyl (C=O) groups is 1. The molecule has 1 saturated heterocycles. The maximum atomic E-state index is 13.4. The van der Waals surface area contributed by atoms with Crippen molar-refractivity contribution in [2.75, 3.05) is 41.4 Å². The number of hydrogen-bond acceptors (Lipinski definition) is 5. The maximum Gasteiger partial charge on any atom is 0.420 e. The minimum absolute atomic E-state index is 0.107. The molecular weight excluding hydrogens is 368 g/mol. The Balaban J connectivity index is 1.59. The van der Waals surface area contributed by atoms with E-state index < -0.39 is 0 Å². The molecule has 0 saturated carbocycles. The highest BCUT2D eigenvalue weighted by molar-refractivity contribution is 5.99. The molecule has 1 amide bonds. The quantitative estimate of drug-likeness (QED) is 0.645. The molecule has 8 nitrogen and oxygen atoms in total. The van der Waals surface area contributed by atoms with Gasteiger partial charge in [-0.3, -0.25) is 4.90 Å². The summed E-state index contributed by atoms with van der Waals surface area (Å²) in [5.41, 5.74) is 3.77. The average Bonchev–Trinajstić information content (AvgIpc) is 3.12. The van der Waals surface area contributed by atoms with Gasteiger partial charge in [-0.15, -0.1) is 0 Å². The van der Waals surface area contributed by atoms with Crippen LogP contribution in [0, 0.1) is 0 Å². The van der Waals surface area contributed by atoms with Crippen LogP contribution in [0.3, 0.4) is 0 Å². The fourth-order valence-electron chi connectivity index (χ4n) is 3.80. The van der Waals surface area contributed by atoms with E-state index in [0.717, 1.165) is 41.5 Å². The van der Waals surface area contributed by atoms with Crippen LogP contribution < -0.4 is 19.7 Å². The second-order valence-corrected chi connectivity index (χ2v) is 7.29. The lowest BCUT2D eigenvalue weighted by molar-refractivity contribution is -0.670. The van der Waals surface area contributed by atoms with Crippen LogP contribution >= 0.6 is 0 Å². The molecule has 0 unspecified atom stereocenters. The summed E-state index contributed by atoms with van der Waals surface area (Å²) in [5, 5.41) is 3.41. The number of fused-ring (bicyclic) bond motifs is 2. The molecule has 148 valence electrons. The van der Waals surface area contributed by atoms with Gasteiger partial charge in [-0.25, -0.2) is 14.3 Å². The second-order valence-electron chi connectivity index (χ2n) is 7.29. The van der Waals surface area contributed by atoms with Crippen LogP contribution in [0.15, 0.2) is 55.2 Å². The van der Waals surface area contributed by atoms with Crippen molar-refractivity contribution in [2.45, 2.75) is 6.54 Å². The highest BCUT2D eigenvalue weighted by Gasteiger charge is 2.29. The topological polar surface area (TPSA) is 66.5 Å². The van der Waals surface area contributed by atoms with Crippen LogP contribution in [0.2, 0.25) is 0 Å². The van der Waals surface area contributed by atoms with Crippen LogP contribution in [-0.2, 0) is 18.3 Å². The zero-order chi connectivity index (χ0) is 19.8. The van der Waals surface area contributed by atoms with Gasteiger partial charge in [0.15, 0.2) is 0 Å². The number of aromatic nitrogens is 3. The van der Waals surface area contributed by atoms with Gasteiger partial charge in [-0.2, -0.15) is 4.57 Å². The largest absolute Gasteiger partial charge is 0.420 e. The zero-order valence-electron chi connectivity index (χ0n) is 16.3. The number of nitrogens with one attached hydrogen (secondary N) is 1. The lowest BCUT2D eigenvalue weighted by atomic mass is 10.2. The molecule has 2 aliphatic rings. The summed E-state index contributed by atoms with van der Waals surface area (Å²) >= 11 is 0. The number of ether oxygens (including phenoxy) is 1. The van der Waals surface area contributed by atoms with Gasteiger partial charge in [0, 0.05) is 30.5 Å². The van der Waals surface area contributed by atoms with E-state index in [0.29, 0.717) is 19.8 Å². The number of imidazole rings is 1. The molecule has 0 radical (unpaired) electrons. The number of morpholine rings is 1. The summed E-state index contributed by atoms with van der Waals surface area (Å²) in [4.78, 5) is 22.0. The third kappa shape index (κ3) is 3.31. The van der Waals surface area contributed by atoms with E-state index in [1.807, 2.05) is 36.0 Å². The van der Waals surface area contributed by atoms with Gasteiger partial charge in [-0.1, -0.05) is 6.07 Å². The first-order valence-electron chi connectivity index (χ1n) is 9.72. The molecule has 0 aliphatic carbocycles. The van der Waals surface area contributed by atoms with Gasteiger partial charge < -0.3 is 15.0 Å². The Morgan fingerprint density at radius 2 is 2.10 bits per heavy atom. The number of benzene rings is 1. The van der Waals surface area contributed by atoms with Crippen LogP contribution in [-0.4, -0.2) is 41.9 Å². The number of rotatable bonds is 1. The second kappa shape index (κ2) is 7.21. The van der Waals surface area contributed by atoms with Gasteiger partial charge in [0.25, 0.3) is 6.33 Å². The molecule has 0 atom stereocenters. The fourth-order valence-corrected chi connectivity index (χ4v) is 3.80. The van der Waals surface area contributed by atoms with E-state index in [1.54, 1.807) is 28.2 Å². The average molecular weight is 391 g/mol. The van der Waals surface area contributed by atoms with Crippen LogP contribution in [0.1, 0.15) is 5.56 Å². The van der Waals surface area contributed by atoms with Crippen molar-refractivity contribution in [1.29, 1.82) is 0 Å². The molecule has 5 rings (SSSR count). The minimum Gasteiger partial charge on any atom is -0.378 e. The first-order chi connectivity index (χ1) is 14.2. The van der Waals surface area contributed by atoms with E-state index in [4.69, 9.17) is 4.74 Å². The Hall–Kier alpha value is -3.39. The number of amides is 1. The summed E-state index contributed by atoms with van der Waals surface area (Å²) in [5.74, 6) is 0.779. The molecule has 3 aromatic rings. The van der Waals surface area contributed by atoms with Crippen molar-refractivity contribution in [3.8, 4) is 0 Å². The number of aryl methyl sites for hydroxylation is 1. The van der Waals surface area contributed by atoms with E-state index in [2.05, 4.69) is 27.3 Å². The van der Waals surface area contributed by atoms with Gasteiger partial charge in [0.1, 0.15) is 18.2 Å². The zero-order valence-corrected chi connectivity index (χ0v) is 16.3. The van der Waals surface area contributed by atoms with Crippen LogP contribution in [0.25, 0.3) is 0 Å². The van der Waals surface area contributed by atoms with E-state index in [9.17, 15) is 4.79 Å². The summed E-state index contributed by atoms with van der Waals surface area (Å²) in [6.07, 6.45) is 7.16. The normalized spacial score (nSPS) is 15.9. The third-order valence-corrected chi connectivity index (χ3v) is 5.34. The van der Waals surface area contributed by atoms with E-state index in [1.165, 1.54) is 0 Å². The standard InChI is InChI=1S/C21H23N6O2/c1-24-7-8-26(15-24)21(28)27-14-16-3-2-6-22-20(16)23-18-5-4-17(13-19(18)27)25-9-11-29-12-10-25/h2-8,13,15H,9-12,14H2,1H3,(H,22,23)/q+1. The lowest BCUT2D eigenvalue weighted by Gasteiger charge is -2.30. The highest BCUT2D eigenvalue weighted by Crippen LogP contribution is 2.38. The number of anilines is 4. The van der Waals surface area contributed by atoms with Crippen molar-refractivity contribution in [2.24, 2.45) is 7.05 Å². The monoisotopic (exact) mass is 391 g/mol. The Bertz CT molecular complexity index is 1060. The first kappa shape index (κ1) is 17.7. The smallest absolute Gasteiger partial charge is 0.378 e.